The fraction of sp³-hybridized carbons (Fsp3) is 0.235. The maximum Gasteiger partial charge on any atom is 0.274 e. The predicted molar refractivity (Wildman–Crippen MR) is 85.9 cm³/mol. The van der Waals surface area contributed by atoms with Gasteiger partial charge in [0.05, 0.1) is 6.61 Å². The lowest BCUT2D eigenvalue weighted by atomic mass is 10.1. The SMILES string of the molecule is CCOCc1cccc(CNC(=O)c2nccn3ccnc23)c1. The molecule has 1 N–H and O–H groups in total. The van der Waals surface area contributed by atoms with E-state index in [0.29, 0.717) is 31.1 Å². The molecule has 6 heteroatoms. The minimum absolute atomic E-state index is 0.239. The van der Waals surface area contributed by atoms with Crippen molar-refractivity contribution < 1.29 is 9.53 Å². The first-order valence-electron chi connectivity index (χ1n) is 7.49. The summed E-state index contributed by atoms with van der Waals surface area (Å²) in [6.07, 6.45) is 6.78. The van der Waals surface area contributed by atoms with Crippen LogP contribution in [0.4, 0.5) is 0 Å². The lowest BCUT2D eigenvalue weighted by molar-refractivity contribution is 0.0947. The van der Waals surface area contributed by atoms with E-state index < -0.39 is 0 Å². The van der Waals surface area contributed by atoms with E-state index in [2.05, 4.69) is 15.3 Å². The van der Waals surface area contributed by atoms with Crippen LogP contribution in [0.3, 0.4) is 0 Å². The van der Waals surface area contributed by atoms with E-state index in [1.165, 1.54) is 0 Å². The fourth-order valence-electron chi connectivity index (χ4n) is 2.33. The molecule has 1 aromatic carbocycles. The summed E-state index contributed by atoms with van der Waals surface area (Å²) in [4.78, 5) is 20.6. The first-order valence-corrected chi connectivity index (χ1v) is 7.49. The third kappa shape index (κ3) is 3.54. The van der Waals surface area contributed by atoms with Gasteiger partial charge in [-0.1, -0.05) is 24.3 Å². The summed E-state index contributed by atoms with van der Waals surface area (Å²) in [5.74, 6) is -0.239. The number of amides is 1. The number of aromatic nitrogens is 3. The van der Waals surface area contributed by atoms with E-state index in [1.54, 1.807) is 29.2 Å². The summed E-state index contributed by atoms with van der Waals surface area (Å²) in [7, 11) is 0. The van der Waals surface area contributed by atoms with Gasteiger partial charge in [0, 0.05) is 37.9 Å². The largest absolute Gasteiger partial charge is 0.377 e. The molecule has 118 valence electrons. The second kappa shape index (κ2) is 7.02. The quantitative estimate of drug-likeness (QED) is 0.758. The zero-order valence-corrected chi connectivity index (χ0v) is 12.9. The number of nitrogens with one attached hydrogen (secondary N) is 1. The summed E-state index contributed by atoms with van der Waals surface area (Å²) in [5, 5.41) is 2.88. The molecule has 0 bridgehead atoms. The Bertz CT molecular complexity index is 813. The molecule has 0 radical (unpaired) electrons. The van der Waals surface area contributed by atoms with Crippen molar-refractivity contribution >= 4 is 11.6 Å². The van der Waals surface area contributed by atoms with Gasteiger partial charge < -0.3 is 14.5 Å². The molecule has 0 saturated carbocycles. The Morgan fingerprint density at radius 2 is 2.00 bits per heavy atom. The summed E-state index contributed by atoms with van der Waals surface area (Å²) in [6, 6.07) is 7.97. The third-order valence-electron chi connectivity index (χ3n) is 3.44. The fourth-order valence-corrected chi connectivity index (χ4v) is 2.33. The highest BCUT2D eigenvalue weighted by Crippen LogP contribution is 2.08. The molecule has 1 amide bonds. The summed E-state index contributed by atoms with van der Waals surface area (Å²) >= 11 is 0. The van der Waals surface area contributed by atoms with Crippen LogP contribution in [-0.2, 0) is 17.9 Å². The summed E-state index contributed by atoms with van der Waals surface area (Å²) < 4.78 is 7.17. The van der Waals surface area contributed by atoms with Crippen LogP contribution in [0, 0.1) is 0 Å². The molecule has 6 nitrogen and oxygen atoms in total. The van der Waals surface area contributed by atoms with E-state index in [9.17, 15) is 4.79 Å². The highest BCUT2D eigenvalue weighted by molar-refractivity contribution is 5.97. The van der Waals surface area contributed by atoms with Crippen molar-refractivity contribution in [2.75, 3.05) is 6.61 Å². The zero-order chi connectivity index (χ0) is 16.1. The zero-order valence-electron chi connectivity index (χ0n) is 12.9. The Kier molecular flexibility index (Phi) is 4.63. The lowest BCUT2D eigenvalue weighted by Gasteiger charge is -2.08. The molecule has 0 unspecified atom stereocenters. The molecule has 0 spiro atoms. The summed E-state index contributed by atoms with van der Waals surface area (Å²) in [6.45, 7) is 3.66. The van der Waals surface area contributed by atoms with Gasteiger partial charge in [-0.2, -0.15) is 0 Å². The first-order chi connectivity index (χ1) is 11.3. The molecule has 0 aliphatic carbocycles. The Morgan fingerprint density at radius 1 is 1.22 bits per heavy atom. The number of hydrogen-bond acceptors (Lipinski definition) is 4. The number of hydrogen-bond donors (Lipinski definition) is 1. The van der Waals surface area contributed by atoms with E-state index in [4.69, 9.17) is 4.74 Å². The van der Waals surface area contributed by atoms with Gasteiger partial charge in [-0.15, -0.1) is 0 Å². The smallest absolute Gasteiger partial charge is 0.274 e. The molecule has 23 heavy (non-hydrogen) atoms. The minimum Gasteiger partial charge on any atom is -0.377 e. The van der Waals surface area contributed by atoms with E-state index in [0.717, 1.165) is 11.1 Å². The Hall–Kier alpha value is -2.73. The molecule has 2 heterocycles. The molecule has 0 aliphatic rings. The molecule has 0 aliphatic heterocycles. The van der Waals surface area contributed by atoms with Crippen LogP contribution >= 0.6 is 0 Å². The van der Waals surface area contributed by atoms with Gasteiger partial charge in [0.1, 0.15) is 0 Å². The highest BCUT2D eigenvalue weighted by Gasteiger charge is 2.12. The van der Waals surface area contributed by atoms with Crippen LogP contribution in [0.5, 0.6) is 0 Å². The van der Waals surface area contributed by atoms with Crippen molar-refractivity contribution in [3.63, 3.8) is 0 Å². The molecular formula is C17H18N4O2. The van der Waals surface area contributed by atoms with Crippen molar-refractivity contribution in [3.05, 3.63) is 65.9 Å². The topological polar surface area (TPSA) is 68.5 Å². The van der Waals surface area contributed by atoms with Crippen molar-refractivity contribution in [1.82, 2.24) is 19.7 Å². The van der Waals surface area contributed by atoms with Crippen molar-refractivity contribution in [2.45, 2.75) is 20.1 Å². The Labute approximate surface area is 134 Å². The second-order valence-electron chi connectivity index (χ2n) is 5.07. The molecule has 0 fully saturated rings. The monoisotopic (exact) mass is 310 g/mol. The normalized spacial score (nSPS) is 10.8. The molecule has 3 aromatic rings. The maximum absolute atomic E-state index is 12.3. The van der Waals surface area contributed by atoms with Crippen molar-refractivity contribution in [3.8, 4) is 0 Å². The average Bonchev–Trinajstić information content (AvgIpc) is 3.07. The number of nitrogens with zero attached hydrogens (tertiary/aromatic N) is 3. The van der Waals surface area contributed by atoms with Crippen LogP contribution in [0.25, 0.3) is 5.65 Å². The number of carbonyl (C=O) groups excluding carboxylic acids is 1. The third-order valence-corrected chi connectivity index (χ3v) is 3.44. The van der Waals surface area contributed by atoms with Crippen LogP contribution in [0.1, 0.15) is 28.5 Å². The average molecular weight is 310 g/mol. The van der Waals surface area contributed by atoms with E-state index >= 15 is 0 Å². The molecule has 0 atom stereocenters. The predicted octanol–water partition coefficient (Wildman–Crippen LogP) is 2.20. The van der Waals surface area contributed by atoms with Gasteiger partial charge in [0.25, 0.3) is 5.91 Å². The van der Waals surface area contributed by atoms with Crippen molar-refractivity contribution in [1.29, 1.82) is 0 Å². The Balaban J connectivity index is 1.68. The standard InChI is InChI=1S/C17H18N4O2/c1-2-23-12-14-5-3-4-13(10-14)11-20-17(22)15-16-19-7-9-21(16)8-6-18-15/h3-10H,2,11-12H2,1H3,(H,20,22). The number of imidazole rings is 1. The number of fused-ring (bicyclic) bond motifs is 1. The Morgan fingerprint density at radius 3 is 2.83 bits per heavy atom. The summed E-state index contributed by atoms with van der Waals surface area (Å²) in [5.41, 5.74) is 2.98. The molecule has 2 aromatic heterocycles. The number of rotatable bonds is 6. The number of carbonyl (C=O) groups is 1. The van der Waals surface area contributed by atoms with Crippen LogP contribution in [0.15, 0.2) is 49.1 Å². The molecule has 3 rings (SSSR count). The van der Waals surface area contributed by atoms with Crippen molar-refractivity contribution in [2.24, 2.45) is 0 Å². The molecular weight excluding hydrogens is 292 g/mol. The highest BCUT2D eigenvalue weighted by atomic mass is 16.5. The van der Waals surface area contributed by atoms with Crippen LogP contribution in [-0.4, -0.2) is 26.9 Å². The van der Waals surface area contributed by atoms with Gasteiger partial charge in [0.2, 0.25) is 0 Å². The minimum atomic E-state index is -0.239. The first kappa shape index (κ1) is 15.2. The van der Waals surface area contributed by atoms with Crippen LogP contribution < -0.4 is 5.32 Å². The number of benzene rings is 1. The van der Waals surface area contributed by atoms with Gasteiger partial charge >= 0.3 is 0 Å². The van der Waals surface area contributed by atoms with E-state index in [1.807, 2.05) is 31.2 Å². The van der Waals surface area contributed by atoms with Gasteiger partial charge in [-0.3, -0.25) is 4.79 Å². The second-order valence-corrected chi connectivity index (χ2v) is 5.07. The van der Waals surface area contributed by atoms with Gasteiger partial charge in [0.15, 0.2) is 11.3 Å². The van der Waals surface area contributed by atoms with Gasteiger partial charge in [-0.05, 0) is 18.1 Å². The lowest BCUT2D eigenvalue weighted by Crippen LogP contribution is -2.24. The number of ether oxygens (including phenoxy) is 1. The maximum atomic E-state index is 12.3. The van der Waals surface area contributed by atoms with Gasteiger partial charge in [-0.25, -0.2) is 9.97 Å². The molecule has 0 saturated heterocycles. The van der Waals surface area contributed by atoms with Crippen LogP contribution in [0.2, 0.25) is 0 Å². The van der Waals surface area contributed by atoms with E-state index in [-0.39, 0.29) is 5.91 Å².